The van der Waals surface area contributed by atoms with Gasteiger partial charge in [0.1, 0.15) is 0 Å². The van der Waals surface area contributed by atoms with E-state index in [2.05, 4.69) is 11.9 Å². The lowest BCUT2D eigenvalue weighted by molar-refractivity contribution is 0.0704. The highest BCUT2D eigenvalue weighted by Crippen LogP contribution is 2.39. The molecule has 3 heteroatoms. The lowest BCUT2D eigenvalue weighted by Gasteiger charge is -2.31. The van der Waals surface area contributed by atoms with Crippen molar-refractivity contribution in [2.75, 3.05) is 0 Å². The Kier molecular flexibility index (Phi) is 3.76. The third-order valence-corrected chi connectivity index (χ3v) is 4.44. The molecule has 0 aromatic carbocycles. The van der Waals surface area contributed by atoms with Gasteiger partial charge in [-0.1, -0.05) is 26.2 Å². The number of aliphatic hydroxyl groups excluding tert-OH is 1. The fraction of sp³-hybridized carbons (Fsp3) is 0.750. The van der Waals surface area contributed by atoms with E-state index in [4.69, 9.17) is 0 Å². The van der Waals surface area contributed by atoms with Crippen LogP contribution in [0.15, 0.2) is 11.7 Å². The first kappa shape index (κ1) is 11.1. The molecule has 1 aromatic heterocycles. The zero-order chi connectivity index (χ0) is 10.7. The SMILES string of the molecule is CCC1CCCC(C(O)c2cncs2)C1. The van der Waals surface area contributed by atoms with Gasteiger partial charge in [-0.25, -0.2) is 0 Å². The number of thiazole rings is 1. The third kappa shape index (κ3) is 2.58. The minimum absolute atomic E-state index is 0.271. The monoisotopic (exact) mass is 225 g/mol. The van der Waals surface area contributed by atoms with Crippen molar-refractivity contribution in [3.8, 4) is 0 Å². The fourth-order valence-corrected chi connectivity index (χ4v) is 3.29. The molecule has 0 radical (unpaired) electrons. The average Bonchev–Trinajstić information content (AvgIpc) is 2.81. The molecule has 0 saturated heterocycles. The Balaban J connectivity index is 1.98. The van der Waals surface area contributed by atoms with E-state index in [1.807, 2.05) is 6.20 Å². The van der Waals surface area contributed by atoms with E-state index in [-0.39, 0.29) is 6.10 Å². The maximum absolute atomic E-state index is 10.2. The molecule has 1 aromatic rings. The molecular formula is C12H19NOS. The normalized spacial score (nSPS) is 28.9. The van der Waals surface area contributed by atoms with Crippen LogP contribution < -0.4 is 0 Å². The molecule has 2 nitrogen and oxygen atoms in total. The van der Waals surface area contributed by atoms with Gasteiger partial charge in [0.2, 0.25) is 0 Å². The van der Waals surface area contributed by atoms with E-state index < -0.39 is 0 Å². The van der Waals surface area contributed by atoms with Crippen LogP contribution in [-0.4, -0.2) is 10.1 Å². The van der Waals surface area contributed by atoms with Crippen LogP contribution in [0.25, 0.3) is 0 Å². The lowest BCUT2D eigenvalue weighted by Crippen LogP contribution is -2.20. The highest BCUT2D eigenvalue weighted by atomic mass is 32.1. The first-order valence-electron chi connectivity index (χ1n) is 5.87. The van der Waals surface area contributed by atoms with Crippen molar-refractivity contribution in [2.24, 2.45) is 11.8 Å². The Morgan fingerprint density at radius 2 is 2.47 bits per heavy atom. The van der Waals surface area contributed by atoms with Crippen LogP contribution in [0.4, 0.5) is 0 Å². The number of hydrogen-bond donors (Lipinski definition) is 1. The molecule has 0 aliphatic heterocycles. The van der Waals surface area contributed by atoms with Gasteiger partial charge in [-0.3, -0.25) is 4.98 Å². The van der Waals surface area contributed by atoms with Gasteiger partial charge < -0.3 is 5.11 Å². The maximum Gasteiger partial charge on any atom is 0.0926 e. The van der Waals surface area contributed by atoms with Crippen molar-refractivity contribution < 1.29 is 5.11 Å². The summed E-state index contributed by atoms with van der Waals surface area (Å²) in [5.41, 5.74) is 1.80. The van der Waals surface area contributed by atoms with E-state index in [9.17, 15) is 5.11 Å². The largest absolute Gasteiger partial charge is 0.387 e. The molecule has 15 heavy (non-hydrogen) atoms. The predicted octanol–water partition coefficient (Wildman–Crippen LogP) is 3.39. The molecule has 1 aliphatic rings. The molecule has 1 saturated carbocycles. The summed E-state index contributed by atoms with van der Waals surface area (Å²) in [5.74, 6) is 1.29. The maximum atomic E-state index is 10.2. The summed E-state index contributed by atoms with van der Waals surface area (Å²) < 4.78 is 0. The molecule has 0 amide bonds. The molecule has 0 bridgehead atoms. The van der Waals surface area contributed by atoms with Gasteiger partial charge in [0.25, 0.3) is 0 Å². The van der Waals surface area contributed by atoms with Crippen molar-refractivity contribution in [1.82, 2.24) is 4.98 Å². The van der Waals surface area contributed by atoms with E-state index >= 15 is 0 Å². The van der Waals surface area contributed by atoms with E-state index in [0.29, 0.717) is 5.92 Å². The minimum atomic E-state index is -0.271. The second kappa shape index (κ2) is 5.08. The van der Waals surface area contributed by atoms with Crippen molar-refractivity contribution in [1.29, 1.82) is 0 Å². The van der Waals surface area contributed by atoms with Crippen LogP contribution >= 0.6 is 11.3 Å². The first-order valence-corrected chi connectivity index (χ1v) is 6.75. The van der Waals surface area contributed by atoms with E-state index in [1.165, 1.54) is 32.1 Å². The second-order valence-electron chi connectivity index (χ2n) is 4.55. The van der Waals surface area contributed by atoms with Crippen molar-refractivity contribution in [2.45, 2.75) is 45.1 Å². The van der Waals surface area contributed by atoms with Gasteiger partial charge in [0, 0.05) is 6.20 Å². The quantitative estimate of drug-likeness (QED) is 0.855. The fourth-order valence-electron chi connectivity index (χ4n) is 2.59. The topological polar surface area (TPSA) is 33.1 Å². The summed E-state index contributed by atoms with van der Waals surface area (Å²) >= 11 is 1.57. The minimum Gasteiger partial charge on any atom is -0.387 e. The number of hydrogen-bond acceptors (Lipinski definition) is 3. The highest BCUT2D eigenvalue weighted by Gasteiger charge is 2.27. The summed E-state index contributed by atoms with van der Waals surface area (Å²) in [5, 5.41) is 10.2. The third-order valence-electron chi connectivity index (χ3n) is 3.59. The van der Waals surface area contributed by atoms with Crippen LogP contribution in [-0.2, 0) is 0 Å². The molecule has 2 rings (SSSR count). The molecule has 1 heterocycles. The molecule has 84 valence electrons. The summed E-state index contributed by atoms with van der Waals surface area (Å²) in [4.78, 5) is 5.07. The zero-order valence-electron chi connectivity index (χ0n) is 9.22. The number of aromatic nitrogens is 1. The Labute approximate surface area is 95.4 Å². The number of rotatable bonds is 3. The molecule has 1 aliphatic carbocycles. The Hall–Kier alpha value is -0.410. The van der Waals surface area contributed by atoms with Crippen LogP contribution in [0.1, 0.15) is 50.0 Å². The van der Waals surface area contributed by atoms with Crippen molar-refractivity contribution >= 4 is 11.3 Å². The summed E-state index contributed by atoms with van der Waals surface area (Å²) in [7, 11) is 0. The summed E-state index contributed by atoms with van der Waals surface area (Å²) in [6, 6.07) is 0. The number of nitrogens with zero attached hydrogens (tertiary/aromatic N) is 1. The lowest BCUT2D eigenvalue weighted by atomic mass is 9.77. The van der Waals surface area contributed by atoms with Crippen LogP contribution in [0.2, 0.25) is 0 Å². The van der Waals surface area contributed by atoms with Gasteiger partial charge in [-0.05, 0) is 24.7 Å². The van der Waals surface area contributed by atoms with E-state index in [0.717, 1.165) is 10.8 Å². The summed E-state index contributed by atoms with van der Waals surface area (Å²) in [6.07, 6.45) is 7.79. The molecule has 0 spiro atoms. The van der Waals surface area contributed by atoms with Gasteiger partial charge >= 0.3 is 0 Å². The Bertz CT molecular complexity index is 286. The standard InChI is InChI=1S/C12H19NOS/c1-2-9-4-3-5-10(6-9)12(14)11-7-13-8-15-11/h7-10,12,14H,2-6H2,1H3. The molecular weight excluding hydrogens is 206 g/mol. The Morgan fingerprint density at radius 1 is 1.60 bits per heavy atom. The van der Waals surface area contributed by atoms with Gasteiger partial charge in [0.05, 0.1) is 16.5 Å². The van der Waals surface area contributed by atoms with Crippen LogP contribution in [0.5, 0.6) is 0 Å². The Morgan fingerprint density at radius 3 is 3.13 bits per heavy atom. The smallest absolute Gasteiger partial charge is 0.0926 e. The van der Waals surface area contributed by atoms with Gasteiger partial charge in [-0.15, -0.1) is 11.3 Å². The zero-order valence-corrected chi connectivity index (χ0v) is 10.0. The molecule has 3 atom stereocenters. The van der Waals surface area contributed by atoms with Crippen molar-refractivity contribution in [3.63, 3.8) is 0 Å². The van der Waals surface area contributed by atoms with Crippen LogP contribution in [0.3, 0.4) is 0 Å². The first-order chi connectivity index (χ1) is 7.31. The van der Waals surface area contributed by atoms with Gasteiger partial charge in [0.15, 0.2) is 0 Å². The predicted molar refractivity (Wildman–Crippen MR) is 62.8 cm³/mol. The molecule has 1 N–H and O–H groups in total. The summed E-state index contributed by atoms with van der Waals surface area (Å²) in [6.45, 7) is 2.26. The molecule has 1 fully saturated rings. The van der Waals surface area contributed by atoms with Crippen molar-refractivity contribution in [3.05, 3.63) is 16.6 Å². The number of aliphatic hydroxyl groups is 1. The highest BCUT2D eigenvalue weighted by molar-refractivity contribution is 7.09. The van der Waals surface area contributed by atoms with Crippen LogP contribution in [0, 0.1) is 11.8 Å². The average molecular weight is 225 g/mol. The van der Waals surface area contributed by atoms with Gasteiger partial charge in [-0.2, -0.15) is 0 Å². The molecule has 3 unspecified atom stereocenters. The second-order valence-corrected chi connectivity index (χ2v) is 5.47. The van der Waals surface area contributed by atoms with E-state index in [1.54, 1.807) is 16.8 Å².